The van der Waals surface area contributed by atoms with Crippen LogP contribution < -0.4 is 10.6 Å². The highest BCUT2D eigenvalue weighted by Gasteiger charge is 2.27. The summed E-state index contributed by atoms with van der Waals surface area (Å²) in [6.07, 6.45) is 3.67. The first-order chi connectivity index (χ1) is 13.0. The van der Waals surface area contributed by atoms with Crippen LogP contribution in [0.4, 0.5) is 5.82 Å². The number of aryl methyl sites for hydroxylation is 1. The van der Waals surface area contributed by atoms with Gasteiger partial charge in [-0.1, -0.05) is 11.6 Å². The summed E-state index contributed by atoms with van der Waals surface area (Å²) in [5.41, 5.74) is 1.76. The molecular weight excluding hydrogens is 346 g/mol. The van der Waals surface area contributed by atoms with Crippen molar-refractivity contribution in [2.75, 3.05) is 25.5 Å². The molecule has 0 bridgehead atoms. The SMILES string of the molecule is CNC(=O)c1ccc([C@H]2CCCCN2CCC(=O)Nc2cc(C)on2)n1C. The molecule has 0 unspecified atom stereocenters. The van der Waals surface area contributed by atoms with E-state index in [4.69, 9.17) is 4.52 Å². The largest absolute Gasteiger partial charge is 0.360 e. The van der Waals surface area contributed by atoms with E-state index < -0.39 is 0 Å². The Morgan fingerprint density at radius 2 is 2.15 bits per heavy atom. The molecule has 0 radical (unpaired) electrons. The molecule has 0 spiro atoms. The van der Waals surface area contributed by atoms with Crippen LogP contribution in [-0.2, 0) is 11.8 Å². The van der Waals surface area contributed by atoms with Crippen LogP contribution >= 0.6 is 0 Å². The van der Waals surface area contributed by atoms with Crippen molar-refractivity contribution >= 4 is 17.6 Å². The molecule has 2 N–H and O–H groups in total. The number of anilines is 1. The fourth-order valence-electron chi connectivity index (χ4n) is 3.69. The van der Waals surface area contributed by atoms with Crippen LogP contribution in [0.15, 0.2) is 22.7 Å². The molecule has 1 atom stereocenters. The summed E-state index contributed by atoms with van der Waals surface area (Å²) in [4.78, 5) is 26.6. The average Bonchev–Trinajstić information content (AvgIpc) is 3.25. The van der Waals surface area contributed by atoms with E-state index in [0.29, 0.717) is 30.2 Å². The minimum Gasteiger partial charge on any atom is -0.360 e. The van der Waals surface area contributed by atoms with Crippen molar-refractivity contribution in [2.45, 2.75) is 38.6 Å². The predicted molar refractivity (Wildman–Crippen MR) is 101 cm³/mol. The third kappa shape index (κ3) is 4.39. The lowest BCUT2D eigenvalue weighted by Gasteiger charge is -2.36. The molecule has 8 heteroatoms. The van der Waals surface area contributed by atoms with E-state index in [1.165, 1.54) is 0 Å². The van der Waals surface area contributed by atoms with Gasteiger partial charge in [-0.15, -0.1) is 0 Å². The second-order valence-electron chi connectivity index (χ2n) is 6.95. The van der Waals surface area contributed by atoms with Crippen LogP contribution in [0.3, 0.4) is 0 Å². The second-order valence-corrected chi connectivity index (χ2v) is 6.95. The van der Waals surface area contributed by atoms with E-state index >= 15 is 0 Å². The molecule has 3 heterocycles. The van der Waals surface area contributed by atoms with E-state index in [9.17, 15) is 9.59 Å². The Labute approximate surface area is 158 Å². The first-order valence-corrected chi connectivity index (χ1v) is 9.34. The highest BCUT2D eigenvalue weighted by molar-refractivity contribution is 5.92. The van der Waals surface area contributed by atoms with Crippen molar-refractivity contribution in [3.8, 4) is 0 Å². The van der Waals surface area contributed by atoms with Gasteiger partial charge in [-0.25, -0.2) is 0 Å². The van der Waals surface area contributed by atoms with Crippen LogP contribution in [0.5, 0.6) is 0 Å². The van der Waals surface area contributed by atoms with Gasteiger partial charge >= 0.3 is 0 Å². The average molecular weight is 373 g/mol. The van der Waals surface area contributed by atoms with Crippen molar-refractivity contribution in [3.63, 3.8) is 0 Å². The van der Waals surface area contributed by atoms with E-state index in [1.807, 2.05) is 23.7 Å². The number of amides is 2. The molecule has 2 aromatic heterocycles. The fraction of sp³-hybridized carbons (Fsp3) is 0.526. The zero-order chi connectivity index (χ0) is 19.4. The normalized spacial score (nSPS) is 17.7. The maximum absolute atomic E-state index is 12.2. The van der Waals surface area contributed by atoms with Gasteiger partial charge in [0.05, 0.1) is 6.04 Å². The molecule has 3 rings (SSSR count). The first kappa shape index (κ1) is 19.2. The summed E-state index contributed by atoms with van der Waals surface area (Å²) in [6.45, 7) is 3.39. The van der Waals surface area contributed by atoms with E-state index in [2.05, 4.69) is 20.7 Å². The quantitative estimate of drug-likeness (QED) is 0.810. The highest BCUT2D eigenvalue weighted by atomic mass is 16.5. The maximum atomic E-state index is 12.2. The Bertz CT molecular complexity index is 810. The van der Waals surface area contributed by atoms with Crippen molar-refractivity contribution in [1.29, 1.82) is 0 Å². The summed E-state index contributed by atoms with van der Waals surface area (Å²) in [6, 6.07) is 5.79. The summed E-state index contributed by atoms with van der Waals surface area (Å²) >= 11 is 0. The van der Waals surface area contributed by atoms with Gasteiger partial charge in [0.2, 0.25) is 5.91 Å². The van der Waals surface area contributed by atoms with Crippen LogP contribution in [0.25, 0.3) is 0 Å². The maximum Gasteiger partial charge on any atom is 0.267 e. The molecule has 2 aromatic rings. The molecule has 1 aliphatic heterocycles. The highest BCUT2D eigenvalue weighted by Crippen LogP contribution is 2.31. The fourth-order valence-corrected chi connectivity index (χ4v) is 3.69. The molecule has 2 amide bonds. The van der Waals surface area contributed by atoms with Gasteiger partial charge in [0.1, 0.15) is 11.5 Å². The van der Waals surface area contributed by atoms with Gasteiger partial charge < -0.3 is 19.7 Å². The van der Waals surface area contributed by atoms with Crippen LogP contribution in [-0.4, -0.2) is 46.6 Å². The number of carbonyl (C=O) groups excluding carboxylic acids is 2. The predicted octanol–water partition coefficient (Wildman–Crippen LogP) is 2.24. The Kier molecular flexibility index (Phi) is 5.95. The molecule has 1 saturated heterocycles. The minimum atomic E-state index is -0.0895. The molecule has 1 aliphatic rings. The summed E-state index contributed by atoms with van der Waals surface area (Å²) in [5, 5.41) is 9.23. The van der Waals surface area contributed by atoms with Crippen LogP contribution in [0.1, 0.15) is 53.7 Å². The number of aromatic nitrogens is 2. The van der Waals surface area contributed by atoms with E-state index in [0.717, 1.165) is 31.5 Å². The van der Waals surface area contributed by atoms with E-state index in [-0.39, 0.29) is 17.9 Å². The molecule has 146 valence electrons. The Morgan fingerprint density at radius 3 is 2.85 bits per heavy atom. The first-order valence-electron chi connectivity index (χ1n) is 9.34. The van der Waals surface area contributed by atoms with Crippen molar-refractivity contribution in [2.24, 2.45) is 7.05 Å². The van der Waals surface area contributed by atoms with E-state index in [1.54, 1.807) is 20.0 Å². The Balaban J connectivity index is 1.64. The number of nitrogens with one attached hydrogen (secondary N) is 2. The molecule has 8 nitrogen and oxygen atoms in total. The second kappa shape index (κ2) is 8.39. The lowest BCUT2D eigenvalue weighted by Crippen LogP contribution is -2.36. The van der Waals surface area contributed by atoms with Crippen molar-refractivity contribution in [3.05, 3.63) is 35.3 Å². The summed E-state index contributed by atoms with van der Waals surface area (Å²) < 4.78 is 6.93. The number of hydrogen-bond donors (Lipinski definition) is 2. The summed E-state index contributed by atoms with van der Waals surface area (Å²) in [7, 11) is 3.56. The van der Waals surface area contributed by atoms with Crippen molar-refractivity contribution < 1.29 is 14.1 Å². The molecule has 1 fully saturated rings. The third-order valence-corrected chi connectivity index (χ3v) is 5.10. The third-order valence-electron chi connectivity index (χ3n) is 5.10. The number of likely N-dealkylation sites (tertiary alicyclic amines) is 1. The summed E-state index contributed by atoms with van der Waals surface area (Å²) in [5.74, 6) is 0.946. The van der Waals surface area contributed by atoms with Crippen LogP contribution in [0.2, 0.25) is 0 Å². The van der Waals surface area contributed by atoms with Gasteiger partial charge in [0.15, 0.2) is 5.82 Å². The lowest BCUT2D eigenvalue weighted by atomic mass is 9.99. The zero-order valence-electron chi connectivity index (χ0n) is 16.1. The van der Waals surface area contributed by atoms with Crippen molar-refractivity contribution in [1.82, 2.24) is 19.9 Å². The van der Waals surface area contributed by atoms with Gasteiger partial charge in [0, 0.05) is 38.8 Å². The molecule has 0 saturated carbocycles. The zero-order valence-corrected chi connectivity index (χ0v) is 16.1. The smallest absolute Gasteiger partial charge is 0.267 e. The standard InChI is InChI=1S/C19H27N5O3/c1-13-12-17(22-27-13)21-18(25)9-11-24-10-5-4-6-15(24)14-7-8-16(23(14)3)19(26)20-2/h7-8,12,15H,4-6,9-11H2,1-3H3,(H,20,26)(H,21,22,25)/t15-/m1/s1. The van der Waals surface area contributed by atoms with Gasteiger partial charge in [-0.2, -0.15) is 0 Å². The molecule has 0 aromatic carbocycles. The minimum absolute atomic E-state index is 0.0782. The van der Waals surface area contributed by atoms with Gasteiger partial charge in [0.25, 0.3) is 5.91 Å². The number of carbonyl (C=O) groups is 2. The lowest BCUT2D eigenvalue weighted by molar-refractivity contribution is -0.116. The topological polar surface area (TPSA) is 92.4 Å². The molecule has 0 aliphatic carbocycles. The van der Waals surface area contributed by atoms with Crippen LogP contribution in [0, 0.1) is 6.92 Å². The van der Waals surface area contributed by atoms with Gasteiger partial charge in [-0.05, 0) is 38.4 Å². The monoisotopic (exact) mass is 373 g/mol. The molecular formula is C19H27N5O3. The molecule has 27 heavy (non-hydrogen) atoms. The number of rotatable bonds is 6. The Morgan fingerprint density at radius 1 is 1.33 bits per heavy atom. The van der Waals surface area contributed by atoms with Gasteiger partial charge in [-0.3, -0.25) is 14.5 Å². The number of piperidine rings is 1. The number of hydrogen-bond acceptors (Lipinski definition) is 5. The Hall–Kier alpha value is -2.61. The number of nitrogens with zero attached hydrogens (tertiary/aromatic N) is 3.